The Balaban J connectivity index is 1.23. The minimum Gasteiger partial charge on any atom is -0.458 e. The Bertz CT molecular complexity index is 1660. The number of fused-ring (bicyclic) bond motifs is 3. The van der Waals surface area contributed by atoms with Crippen LogP contribution in [0.5, 0.6) is 0 Å². The standard InChI is InChI=1S/C39H44O8/c1-23(2)39-32(44-29(41)18-12-11-15-26-13-7-5-8-14-26)25(4)36-21-38(47-39,27-16-9-6-10-17-27)46-34(39)30(36)33-35(22-40,45-33)20-37(43)28(36)19-24(3)31(37)42/h5-10,13-14,16-17,19,25,28,30,32-34,40,43H,1,11-12,15,18,20-22H2,2-4H3/t25-,28+,30+,32-,33?,34-,35?,36-,37-,38?,39+/m1/s1. The number of esters is 1. The van der Waals surface area contributed by atoms with Gasteiger partial charge in [-0.15, -0.1) is 0 Å². The van der Waals surface area contributed by atoms with Crippen LogP contribution >= 0.6 is 0 Å². The average molecular weight is 641 g/mol. The lowest BCUT2D eigenvalue weighted by Gasteiger charge is -2.62. The van der Waals surface area contributed by atoms with Crippen molar-refractivity contribution in [1.82, 2.24) is 0 Å². The monoisotopic (exact) mass is 640 g/mol. The van der Waals surface area contributed by atoms with E-state index in [4.69, 9.17) is 18.9 Å². The number of aliphatic hydroxyl groups excluding tert-OH is 1. The summed E-state index contributed by atoms with van der Waals surface area (Å²) in [6.45, 7) is 9.79. The lowest BCUT2D eigenvalue weighted by Crippen LogP contribution is -2.72. The molecule has 3 aliphatic heterocycles. The number of hydrogen-bond acceptors (Lipinski definition) is 8. The molecule has 0 spiro atoms. The van der Waals surface area contributed by atoms with Crippen molar-refractivity contribution in [2.24, 2.45) is 23.2 Å². The molecule has 3 saturated heterocycles. The molecule has 2 aromatic rings. The predicted octanol–water partition coefficient (Wildman–Crippen LogP) is 4.96. The molecule has 2 saturated carbocycles. The summed E-state index contributed by atoms with van der Waals surface area (Å²) in [7, 11) is 0. The van der Waals surface area contributed by atoms with Crippen molar-refractivity contribution in [3.63, 3.8) is 0 Å². The van der Waals surface area contributed by atoms with Crippen LogP contribution in [0.1, 0.15) is 64.0 Å². The molecule has 3 heterocycles. The summed E-state index contributed by atoms with van der Waals surface area (Å²) in [6, 6.07) is 20.0. The Kier molecular flexibility index (Phi) is 6.91. The average Bonchev–Trinajstić information content (AvgIpc) is 3.65. The van der Waals surface area contributed by atoms with Crippen LogP contribution in [0.25, 0.3) is 0 Å². The summed E-state index contributed by atoms with van der Waals surface area (Å²) < 4.78 is 27.3. The smallest absolute Gasteiger partial charge is 0.306 e. The minimum absolute atomic E-state index is 0.0126. The minimum atomic E-state index is -1.80. The molecule has 0 aromatic heterocycles. The van der Waals surface area contributed by atoms with Crippen LogP contribution < -0.4 is 0 Å². The van der Waals surface area contributed by atoms with Gasteiger partial charge in [0.25, 0.3) is 0 Å². The van der Waals surface area contributed by atoms with Crippen LogP contribution in [0.4, 0.5) is 0 Å². The van der Waals surface area contributed by atoms with Crippen molar-refractivity contribution in [2.45, 2.75) is 100 Å². The van der Waals surface area contributed by atoms with Gasteiger partial charge in [0.15, 0.2) is 17.2 Å². The third kappa shape index (κ3) is 4.05. The number of carbonyl (C=O) groups is 2. The van der Waals surface area contributed by atoms with Crippen LogP contribution in [-0.2, 0) is 40.7 Å². The van der Waals surface area contributed by atoms with Crippen LogP contribution in [0.2, 0.25) is 0 Å². The molecule has 8 nitrogen and oxygen atoms in total. The van der Waals surface area contributed by atoms with Gasteiger partial charge in [0.2, 0.25) is 0 Å². The molecule has 3 bridgehead atoms. The number of Topliss-reactive ketones (excluding diaryl/α,β-unsaturated/α-hetero) is 1. The first kappa shape index (κ1) is 31.1. The van der Waals surface area contributed by atoms with E-state index >= 15 is 0 Å². The van der Waals surface area contributed by atoms with Gasteiger partial charge in [0.1, 0.15) is 23.4 Å². The summed E-state index contributed by atoms with van der Waals surface area (Å²) in [6.07, 6.45) is 2.89. The Morgan fingerprint density at radius 1 is 1.02 bits per heavy atom. The Morgan fingerprint density at radius 2 is 1.72 bits per heavy atom. The van der Waals surface area contributed by atoms with Crippen LogP contribution in [-0.4, -0.2) is 63.7 Å². The van der Waals surface area contributed by atoms with Crippen molar-refractivity contribution in [3.8, 4) is 0 Å². The zero-order valence-corrected chi connectivity index (χ0v) is 27.3. The zero-order valence-electron chi connectivity index (χ0n) is 27.3. The molecule has 8 rings (SSSR count). The van der Waals surface area contributed by atoms with Crippen molar-refractivity contribution >= 4 is 11.8 Å². The summed E-state index contributed by atoms with van der Waals surface area (Å²) in [4.78, 5) is 27.6. The molecular weight excluding hydrogens is 596 g/mol. The van der Waals surface area contributed by atoms with E-state index in [1.54, 1.807) is 6.92 Å². The molecule has 5 fully saturated rings. The second-order valence-electron chi connectivity index (χ2n) is 15.1. The van der Waals surface area contributed by atoms with E-state index in [2.05, 4.69) is 25.6 Å². The number of ketones is 1. The van der Waals surface area contributed by atoms with Gasteiger partial charge in [-0.25, -0.2) is 0 Å². The van der Waals surface area contributed by atoms with Gasteiger partial charge in [-0.05, 0) is 55.2 Å². The second kappa shape index (κ2) is 10.4. The molecule has 6 aliphatic rings. The quantitative estimate of drug-likeness (QED) is 0.171. The maximum atomic E-state index is 13.9. The van der Waals surface area contributed by atoms with E-state index in [0.717, 1.165) is 18.4 Å². The molecule has 2 N–H and O–H groups in total. The van der Waals surface area contributed by atoms with E-state index in [0.29, 0.717) is 24.0 Å². The highest BCUT2D eigenvalue weighted by Crippen LogP contribution is 2.78. The van der Waals surface area contributed by atoms with E-state index in [9.17, 15) is 19.8 Å². The second-order valence-corrected chi connectivity index (χ2v) is 15.1. The number of carbonyl (C=O) groups excluding carboxylic acids is 2. The Labute approximate surface area is 275 Å². The van der Waals surface area contributed by atoms with Crippen molar-refractivity contribution in [3.05, 3.63) is 95.6 Å². The number of epoxide rings is 1. The zero-order chi connectivity index (χ0) is 33.0. The van der Waals surface area contributed by atoms with Gasteiger partial charge in [0.05, 0.1) is 12.7 Å². The van der Waals surface area contributed by atoms with E-state index in [1.165, 1.54) is 5.56 Å². The number of ether oxygens (including phenoxy) is 4. The first-order valence-corrected chi connectivity index (χ1v) is 17.0. The fourth-order valence-corrected chi connectivity index (χ4v) is 10.5. The van der Waals surface area contributed by atoms with E-state index in [-0.39, 0.29) is 37.1 Å². The van der Waals surface area contributed by atoms with Crippen LogP contribution in [0.3, 0.4) is 0 Å². The van der Waals surface area contributed by atoms with Crippen molar-refractivity contribution < 1.29 is 38.7 Å². The molecule has 11 atom stereocenters. The molecule has 0 amide bonds. The summed E-state index contributed by atoms with van der Waals surface area (Å²) in [5.41, 5.74) is -1.76. The third-order valence-corrected chi connectivity index (χ3v) is 12.6. The normalized spacial score (nSPS) is 43.8. The van der Waals surface area contributed by atoms with Crippen LogP contribution in [0.15, 0.2) is 84.5 Å². The van der Waals surface area contributed by atoms with Crippen molar-refractivity contribution in [1.29, 1.82) is 0 Å². The third-order valence-electron chi connectivity index (χ3n) is 12.6. The van der Waals surface area contributed by atoms with Gasteiger partial charge < -0.3 is 29.2 Å². The molecule has 47 heavy (non-hydrogen) atoms. The first-order valence-electron chi connectivity index (χ1n) is 17.0. The van der Waals surface area contributed by atoms with E-state index < -0.39 is 58.2 Å². The molecule has 2 aromatic carbocycles. The topological polar surface area (TPSA) is 115 Å². The van der Waals surface area contributed by atoms with Crippen molar-refractivity contribution in [2.75, 3.05) is 6.61 Å². The maximum absolute atomic E-state index is 13.9. The lowest BCUT2D eigenvalue weighted by molar-refractivity contribution is -0.273. The molecule has 0 radical (unpaired) electrons. The SMILES string of the molecule is C=C(C)[C@]12OC3(c4ccccc4)C[C@]4([C@H](C)[C@H]1OC(=O)CCCCc1ccccc1)[C@@H](C1OC1(CO)C[C@]1(O)C(=O)C(C)=C[C@@H]41)[C@H]2O3. The molecule has 3 unspecified atom stereocenters. The maximum Gasteiger partial charge on any atom is 0.306 e. The lowest BCUT2D eigenvalue weighted by atomic mass is 9.45. The number of rotatable bonds is 9. The van der Waals surface area contributed by atoms with E-state index in [1.807, 2.05) is 61.5 Å². The molecule has 248 valence electrons. The van der Waals surface area contributed by atoms with Gasteiger partial charge in [-0.1, -0.05) is 80.2 Å². The molecule has 3 aliphatic carbocycles. The first-order chi connectivity index (χ1) is 22.5. The van der Waals surface area contributed by atoms with Gasteiger partial charge in [-0.3, -0.25) is 9.59 Å². The van der Waals surface area contributed by atoms with Gasteiger partial charge >= 0.3 is 5.97 Å². The Morgan fingerprint density at radius 3 is 2.40 bits per heavy atom. The van der Waals surface area contributed by atoms with Gasteiger partial charge in [0, 0.05) is 42.6 Å². The number of benzene rings is 2. The number of aliphatic hydroxyl groups is 2. The number of hydrogen-bond donors (Lipinski definition) is 2. The fraction of sp³-hybridized carbons (Fsp3) is 0.538. The molecule has 8 heteroatoms. The summed E-state index contributed by atoms with van der Waals surface area (Å²) in [5.74, 6) is -3.32. The summed E-state index contributed by atoms with van der Waals surface area (Å²) in [5, 5.41) is 23.2. The Hall–Kier alpha value is -3.14. The highest BCUT2D eigenvalue weighted by Gasteiger charge is 2.87. The fourth-order valence-electron chi connectivity index (χ4n) is 10.5. The van der Waals surface area contributed by atoms with Crippen LogP contribution in [0, 0.1) is 23.2 Å². The summed E-state index contributed by atoms with van der Waals surface area (Å²) >= 11 is 0. The predicted molar refractivity (Wildman–Crippen MR) is 172 cm³/mol. The number of aryl methyl sites for hydroxylation is 1. The highest BCUT2D eigenvalue weighted by atomic mass is 16.8. The highest BCUT2D eigenvalue weighted by molar-refractivity contribution is 6.04. The molecular formula is C39H44O8. The van der Waals surface area contributed by atoms with Gasteiger partial charge in [-0.2, -0.15) is 0 Å². The number of unbranched alkanes of at least 4 members (excludes halogenated alkanes) is 1. The largest absolute Gasteiger partial charge is 0.458 e.